The molecule has 0 unspecified atom stereocenters. The van der Waals surface area contributed by atoms with Gasteiger partial charge in [-0.2, -0.15) is 0 Å². The molecule has 0 aliphatic heterocycles. The first-order valence-corrected chi connectivity index (χ1v) is 9.49. The quantitative estimate of drug-likeness (QED) is 0.658. The van der Waals surface area contributed by atoms with Crippen molar-refractivity contribution in [3.05, 3.63) is 40.6 Å². The third kappa shape index (κ3) is 3.81. The number of methoxy groups -OCH3 is 3. The number of amides is 1. The SMILES string of the molecule is COc1ccc(CC(=O)Nc2nc(-c3cccs3)cs2)c(OC)c1OC. The van der Waals surface area contributed by atoms with E-state index in [1.807, 2.05) is 22.9 Å². The van der Waals surface area contributed by atoms with Crippen molar-refractivity contribution in [3.63, 3.8) is 0 Å². The highest BCUT2D eigenvalue weighted by atomic mass is 32.1. The van der Waals surface area contributed by atoms with Gasteiger partial charge in [-0.25, -0.2) is 4.98 Å². The molecule has 0 bridgehead atoms. The first kappa shape index (κ1) is 18.2. The van der Waals surface area contributed by atoms with E-state index in [0.717, 1.165) is 10.6 Å². The Hall–Kier alpha value is -2.58. The van der Waals surface area contributed by atoms with Crippen LogP contribution in [-0.4, -0.2) is 32.2 Å². The molecule has 1 aromatic carbocycles. The second-order valence-corrected chi connectivity index (χ2v) is 7.04. The van der Waals surface area contributed by atoms with E-state index in [4.69, 9.17) is 14.2 Å². The minimum Gasteiger partial charge on any atom is -0.493 e. The standard InChI is InChI=1S/C18H18N2O4S2/c1-22-13-7-6-11(16(23-2)17(13)24-3)9-15(21)20-18-19-12(10-26-18)14-5-4-8-25-14/h4-8,10H,9H2,1-3H3,(H,19,20,21). The zero-order valence-electron chi connectivity index (χ0n) is 14.6. The normalized spacial score (nSPS) is 10.4. The number of nitrogens with one attached hydrogen (secondary N) is 1. The second-order valence-electron chi connectivity index (χ2n) is 5.23. The van der Waals surface area contributed by atoms with E-state index >= 15 is 0 Å². The Kier molecular flexibility index (Phi) is 5.75. The van der Waals surface area contributed by atoms with Crippen LogP contribution in [0.2, 0.25) is 0 Å². The van der Waals surface area contributed by atoms with Crippen LogP contribution in [-0.2, 0) is 11.2 Å². The number of carbonyl (C=O) groups is 1. The molecule has 0 radical (unpaired) electrons. The van der Waals surface area contributed by atoms with Crippen molar-refractivity contribution in [3.8, 4) is 27.8 Å². The fourth-order valence-corrected chi connectivity index (χ4v) is 4.00. The van der Waals surface area contributed by atoms with Gasteiger partial charge in [-0.15, -0.1) is 22.7 Å². The minimum atomic E-state index is -0.178. The number of thiophene rings is 1. The lowest BCUT2D eigenvalue weighted by Gasteiger charge is -2.15. The van der Waals surface area contributed by atoms with E-state index in [2.05, 4.69) is 10.3 Å². The summed E-state index contributed by atoms with van der Waals surface area (Å²) in [6.07, 6.45) is 0.136. The Morgan fingerprint density at radius 1 is 1.08 bits per heavy atom. The summed E-state index contributed by atoms with van der Waals surface area (Å²) in [4.78, 5) is 18.0. The highest BCUT2D eigenvalue weighted by molar-refractivity contribution is 7.16. The molecule has 8 heteroatoms. The van der Waals surface area contributed by atoms with E-state index in [1.54, 1.807) is 30.6 Å². The zero-order chi connectivity index (χ0) is 18.5. The molecule has 2 heterocycles. The summed E-state index contributed by atoms with van der Waals surface area (Å²) in [6, 6.07) is 7.52. The van der Waals surface area contributed by atoms with Crippen molar-refractivity contribution in [2.45, 2.75) is 6.42 Å². The summed E-state index contributed by atoms with van der Waals surface area (Å²) < 4.78 is 16.0. The molecule has 26 heavy (non-hydrogen) atoms. The summed E-state index contributed by atoms with van der Waals surface area (Å²) >= 11 is 3.01. The summed E-state index contributed by atoms with van der Waals surface area (Å²) in [5, 5.41) is 7.33. The Labute approximate surface area is 159 Å². The number of carbonyl (C=O) groups excluding carboxylic acids is 1. The van der Waals surface area contributed by atoms with Crippen LogP contribution in [0, 0.1) is 0 Å². The second kappa shape index (κ2) is 8.20. The monoisotopic (exact) mass is 390 g/mol. The topological polar surface area (TPSA) is 69.7 Å². The van der Waals surface area contributed by atoms with Crippen LogP contribution >= 0.6 is 22.7 Å². The largest absolute Gasteiger partial charge is 0.493 e. The summed E-state index contributed by atoms with van der Waals surface area (Å²) in [7, 11) is 4.62. The molecule has 1 amide bonds. The third-order valence-corrected chi connectivity index (χ3v) is 5.31. The van der Waals surface area contributed by atoms with E-state index in [1.165, 1.54) is 25.6 Å². The predicted molar refractivity (Wildman–Crippen MR) is 104 cm³/mol. The van der Waals surface area contributed by atoms with Gasteiger partial charge in [-0.3, -0.25) is 4.79 Å². The van der Waals surface area contributed by atoms with Gasteiger partial charge in [-0.1, -0.05) is 12.1 Å². The molecule has 0 saturated carbocycles. The molecule has 2 aromatic heterocycles. The fraction of sp³-hybridized carbons (Fsp3) is 0.222. The molecule has 6 nitrogen and oxygen atoms in total. The number of nitrogens with zero attached hydrogens (tertiary/aromatic N) is 1. The van der Waals surface area contributed by atoms with Crippen molar-refractivity contribution >= 4 is 33.7 Å². The molecule has 3 aromatic rings. The molecular formula is C18H18N2O4S2. The summed E-state index contributed by atoms with van der Waals surface area (Å²) in [5.41, 5.74) is 1.57. The number of ether oxygens (including phenoxy) is 3. The third-order valence-electron chi connectivity index (χ3n) is 3.66. The van der Waals surface area contributed by atoms with Crippen molar-refractivity contribution in [2.24, 2.45) is 0 Å². The first-order chi connectivity index (χ1) is 12.7. The zero-order valence-corrected chi connectivity index (χ0v) is 16.2. The lowest BCUT2D eigenvalue weighted by molar-refractivity contribution is -0.115. The molecule has 0 saturated heterocycles. The molecule has 0 fully saturated rings. The Balaban J connectivity index is 1.74. The van der Waals surface area contributed by atoms with Gasteiger partial charge in [0.1, 0.15) is 0 Å². The lowest BCUT2D eigenvalue weighted by atomic mass is 10.1. The van der Waals surface area contributed by atoms with Gasteiger partial charge in [0, 0.05) is 10.9 Å². The number of hydrogen-bond acceptors (Lipinski definition) is 7. The molecule has 1 N–H and O–H groups in total. The molecule has 0 spiro atoms. The van der Waals surface area contributed by atoms with Crippen LogP contribution in [0.1, 0.15) is 5.56 Å². The molecular weight excluding hydrogens is 372 g/mol. The number of hydrogen-bond donors (Lipinski definition) is 1. The number of benzene rings is 1. The van der Waals surface area contributed by atoms with Crippen LogP contribution in [0.25, 0.3) is 10.6 Å². The van der Waals surface area contributed by atoms with Gasteiger partial charge in [0.15, 0.2) is 16.6 Å². The maximum absolute atomic E-state index is 12.4. The smallest absolute Gasteiger partial charge is 0.230 e. The van der Waals surface area contributed by atoms with Gasteiger partial charge in [-0.05, 0) is 17.5 Å². The first-order valence-electron chi connectivity index (χ1n) is 7.73. The highest BCUT2D eigenvalue weighted by Crippen LogP contribution is 2.40. The Morgan fingerprint density at radius 3 is 2.54 bits per heavy atom. The van der Waals surface area contributed by atoms with E-state index in [9.17, 15) is 4.79 Å². The number of thiazole rings is 1. The fourth-order valence-electron chi connectivity index (χ4n) is 2.51. The number of aromatic nitrogens is 1. The molecule has 0 atom stereocenters. The Bertz CT molecular complexity index is 891. The number of anilines is 1. The van der Waals surface area contributed by atoms with E-state index < -0.39 is 0 Å². The van der Waals surface area contributed by atoms with Crippen molar-refractivity contribution < 1.29 is 19.0 Å². The molecule has 0 aliphatic carbocycles. The van der Waals surface area contributed by atoms with Gasteiger partial charge < -0.3 is 19.5 Å². The van der Waals surface area contributed by atoms with Crippen molar-refractivity contribution in [1.82, 2.24) is 4.98 Å². The van der Waals surface area contributed by atoms with Crippen LogP contribution in [0.3, 0.4) is 0 Å². The predicted octanol–water partition coefficient (Wildman–Crippen LogP) is 4.08. The van der Waals surface area contributed by atoms with Crippen molar-refractivity contribution in [1.29, 1.82) is 0 Å². The maximum Gasteiger partial charge on any atom is 0.230 e. The van der Waals surface area contributed by atoms with Gasteiger partial charge in [0.05, 0.1) is 38.3 Å². The van der Waals surface area contributed by atoms with Crippen LogP contribution < -0.4 is 19.5 Å². The van der Waals surface area contributed by atoms with Gasteiger partial charge in [0.25, 0.3) is 0 Å². The molecule has 136 valence electrons. The van der Waals surface area contributed by atoms with Crippen molar-refractivity contribution in [2.75, 3.05) is 26.6 Å². The van der Waals surface area contributed by atoms with E-state index in [0.29, 0.717) is 27.9 Å². The van der Waals surface area contributed by atoms with Crippen LogP contribution in [0.15, 0.2) is 35.0 Å². The lowest BCUT2D eigenvalue weighted by Crippen LogP contribution is -2.15. The van der Waals surface area contributed by atoms with Gasteiger partial charge in [0.2, 0.25) is 11.7 Å². The van der Waals surface area contributed by atoms with Crippen LogP contribution in [0.4, 0.5) is 5.13 Å². The summed E-state index contributed by atoms with van der Waals surface area (Å²) in [6.45, 7) is 0. The van der Waals surface area contributed by atoms with Crippen LogP contribution in [0.5, 0.6) is 17.2 Å². The average molecular weight is 390 g/mol. The molecule has 0 aliphatic rings. The minimum absolute atomic E-state index is 0.136. The van der Waals surface area contributed by atoms with Gasteiger partial charge >= 0.3 is 0 Å². The Morgan fingerprint density at radius 2 is 1.88 bits per heavy atom. The maximum atomic E-state index is 12.4. The highest BCUT2D eigenvalue weighted by Gasteiger charge is 2.18. The molecule has 3 rings (SSSR count). The number of rotatable bonds is 7. The summed E-state index contributed by atoms with van der Waals surface area (Å²) in [5.74, 6) is 1.33. The average Bonchev–Trinajstić information content (AvgIpc) is 3.32. The van der Waals surface area contributed by atoms with E-state index in [-0.39, 0.29) is 12.3 Å².